The number of carbonyl (C=O) groups is 1. The molecule has 0 aliphatic carbocycles. The number of hydrogen-bond acceptors (Lipinski definition) is 6. The Balaban J connectivity index is 2.48. The Hall–Kier alpha value is -1.96. The van der Waals surface area contributed by atoms with E-state index in [1.54, 1.807) is 0 Å². The van der Waals surface area contributed by atoms with E-state index in [1.807, 2.05) is 6.92 Å². The normalized spacial score (nSPS) is 22.7. The average Bonchev–Trinajstić information content (AvgIpc) is 2.61. The van der Waals surface area contributed by atoms with Crippen molar-refractivity contribution in [2.24, 2.45) is 10.9 Å². The molecule has 0 aromatic carbocycles. The standard InChI is InChI=1S/C7H10N6O2/c1-2-3-9-7-10-6(14)4(12-15)5(8)13(7)11-3/h5,15H,2,8H2,1H3,(H,9,10,11,14)/b12-4+/t5-/m0/s1. The molecule has 4 N–H and O–H groups in total. The van der Waals surface area contributed by atoms with E-state index in [0.29, 0.717) is 12.2 Å². The second kappa shape index (κ2) is 3.31. The van der Waals surface area contributed by atoms with Crippen LogP contribution in [0.3, 0.4) is 0 Å². The van der Waals surface area contributed by atoms with Gasteiger partial charge in [0.2, 0.25) is 5.95 Å². The summed E-state index contributed by atoms with van der Waals surface area (Å²) < 4.78 is 1.31. The van der Waals surface area contributed by atoms with Crippen molar-refractivity contribution in [3.63, 3.8) is 0 Å². The molecule has 1 aromatic heterocycles. The minimum Gasteiger partial charge on any atom is -0.410 e. The Bertz CT molecular complexity index is 437. The van der Waals surface area contributed by atoms with E-state index in [2.05, 4.69) is 20.6 Å². The smallest absolute Gasteiger partial charge is 0.279 e. The zero-order chi connectivity index (χ0) is 11.0. The number of nitrogens with one attached hydrogen (secondary N) is 1. The molecule has 0 fully saturated rings. The first kappa shape index (κ1) is 9.59. The van der Waals surface area contributed by atoms with Crippen molar-refractivity contribution in [1.82, 2.24) is 14.8 Å². The highest BCUT2D eigenvalue weighted by Gasteiger charge is 2.32. The number of nitrogens with two attached hydrogens (primary N) is 1. The Kier molecular flexibility index (Phi) is 2.12. The number of aromatic nitrogens is 3. The number of nitrogens with zero attached hydrogens (tertiary/aromatic N) is 4. The first-order chi connectivity index (χ1) is 7.17. The van der Waals surface area contributed by atoms with E-state index >= 15 is 0 Å². The highest BCUT2D eigenvalue weighted by Crippen LogP contribution is 2.16. The molecule has 0 radical (unpaired) electrons. The number of aryl methyl sites for hydroxylation is 1. The van der Waals surface area contributed by atoms with Crippen molar-refractivity contribution in [2.75, 3.05) is 5.32 Å². The molecular formula is C7H10N6O2. The second-order valence-electron chi connectivity index (χ2n) is 3.03. The highest BCUT2D eigenvalue weighted by atomic mass is 16.4. The van der Waals surface area contributed by atoms with E-state index in [0.717, 1.165) is 0 Å². The lowest BCUT2D eigenvalue weighted by Gasteiger charge is -2.19. The Labute approximate surface area is 84.8 Å². The third-order valence-corrected chi connectivity index (χ3v) is 2.10. The fraction of sp³-hybridized carbons (Fsp3) is 0.429. The molecule has 80 valence electrons. The average molecular weight is 210 g/mol. The summed E-state index contributed by atoms with van der Waals surface area (Å²) >= 11 is 0. The minimum atomic E-state index is -0.897. The van der Waals surface area contributed by atoms with Crippen LogP contribution in [0.15, 0.2) is 5.16 Å². The van der Waals surface area contributed by atoms with Crippen LogP contribution in [0.2, 0.25) is 0 Å². The van der Waals surface area contributed by atoms with Crippen LogP contribution in [0.5, 0.6) is 0 Å². The maximum Gasteiger partial charge on any atom is 0.279 e. The predicted octanol–water partition coefficient (Wildman–Crippen LogP) is -0.920. The molecule has 0 spiro atoms. The van der Waals surface area contributed by atoms with E-state index < -0.39 is 12.1 Å². The summed E-state index contributed by atoms with van der Waals surface area (Å²) in [5.41, 5.74) is 5.48. The largest absolute Gasteiger partial charge is 0.410 e. The van der Waals surface area contributed by atoms with Gasteiger partial charge in [-0.2, -0.15) is 10.1 Å². The van der Waals surface area contributed by atoms with Crippen LogP contribution in [-0.4, -0.2) is 31.6 Å². The lowest BCUT2D eigenvalue weighted by atomic mass is 10.2. The van der Waals surface area contributed by atoms with Crippen molar-refractivity contribution in [3.05, 3.63) is 5.82 Å². The first-order valence-electron chi connectivity index (χ1n) is 4.41. The van der Waals surface area contributed by atoms with E-state index in [9.17, 15) is 4.79 Å². The molecule has 8 heteroatoms. The molecule has 1 atom stereocenters. The monoisotopic (exact) mass is 210 g/mol. The number of rotatable bonds is 1. The number of oxime groups is 1. The van der Waals surface area contributed by atoms with Crippen LogP contribution in [0.1, 0.15) is 18.9 Å². The van der Waals surface area contributed by atoms with Crippen LogP contribution >= 0.6 is 0 Å². The molecule has 0 saturated carbocycles. The molecule has 1 amide bonds. The number of amides is 1. The van der Waals surface area contributed by atoms with Gasteiger partial charge in [-0.25, -0.2) is 4.68 Å². The summed E-state index contributed by atoms with van der Waals surface area (Å²) in [7, 11) is 0. The molecule has 0 unspecified atom stereocenters. The van der Waals surface area contributed by atoms with Crippen LogP contribution in [0, 0.1) is 0 Å². The summed E-state index contributed by atoms with van der Waals surface area (Å²) in [6.07, 6.45) is -0.264. The molecule has 1 aromatic rings. The van der Waals surface area contributed by atoms with E-state index in [4.69, 9.17) is 10.9 Å². The molecule has 0 saturated heterocycles. The van der Waals surface area contributed by atoms with Gasteiger partial charge in [0, 0.05) is 6.42 Å². The van der Waals surface area contributed by atoms with E-state index in [-0.39, 0.29) is 11.7 Å². The summed E-state index contributed by atoms with van der Waals surface area (Å²) in [5, 5.41) is 17.9. The fourth-order valence-electron chi connectivity index (χ4n) is 1.32. The lowest BCUT2D eigenvalue weighted by Crippen LogP contribution is -2.42. The first-order valence-corrected chi connectivity index (χ1v) is 4.41. The van der Waals surface area contributed by atoms with Gasteiger partial charge >= 0.3 is 0 Å². The van der Waals surface area contributed by atoms with Crippen LogP contribution in [0.4, 0.5) is 5.95 Å². The van der Waals surface area contributed by atoms with Crippen molar-refractivity contribution >= 4 is 17.6 Å². The number of anilines is 1. The zero-order valence-electron chi connectivity index (χ0n) is 8.01. The van der Waals surface area contributed by atoms with Crippen LogP contribution < -0.4 is 11.1 Å². The van der Waals surface area contributed by atoms with Gasteiger partial charge in [-0.1, -0.05) is 12.1 Å². The summed E-state index contributed by atoms with van der Waals surface area (Å²) in [4.78, 5) is 15.4. The summed E-state index contributed by atoms with van der Waals surface area (Å²) in [5.74, 6) is 0.282. The van der Waals surface area contributed by atoms with Gasteiger partial charge in [-0.15, -0.1) is 0 Å². The van der Waals surface area contributed by atoms with Gasteiger partial charge < -0.3 is 10.9 Å². The van der Waals surface area contributed by atoms with Crippen molar-refractivity contribution in [3.8, 4) is 0 Å². The Morgan fingerprint density at radius 2 is 2.47 bits per heavy atom. The van der Waals surface area contributed by atoms with Gasteiger partial charge in [0.25, 0.3) is 5.91 Å². The number of carbonyl (C=O) groups excluding carboxylic acids is 1. The molecule has 15 heavy (non-hydrogen) atoms. The third kappa shape index (κ3) is 1.34. The second-order valence-corrected chi connectivity index (χ2v) is 3.03. The van der Waals surface area contributed by atoms with E-state index in [1.165, 1.54) is 4.68 Å². The SMILES string of the molecule is CCc1nc2n(n1)[C@H](N)/C(=N\O)C(=O)N2. The molecule has 0 bridgehead atoms. The summed E-state index contributed by atoms with van der Waals surface area (Å²) in [6, 6.07) is 0. The third-order valence-electron chi connectivity index (χ3n) is 2.10. The molecule has 2 heterocycles. The van der Waals surface area contributed by atoms with Gasteiger partial charge in [-0.3, -0.25) is 10.1 Å². The number of fused-ring (bicyclic) bond motifs is 1. The molecule has 1 aliphatic rings. The van der Waals surface area contributed by atoms with Crippen molar-refractivity contribution in [1.29, 1.82) is 0 Å². The molecule has 8 nitrogen and oxygen atoms in total. The quantitative estimate of drug-likeness (QED) is 0.409. The van der Waals surface area contributed by atoms with Gasteiger partial charge in [0.1, 0.15) is 0 Å². The topological polar surface area (TPSA) is 118 Å². The summed E-state index contributed by atoms with van der Waals surface area (Å²) in [6.45, 7) is 1.88. The number of hydrogen-bond donors (Lipinski definition) is 3. The molecular weight excluding hydrogens is 200 g/mol. The Morgan fingerprint density at radius 1 is 1.73 bits per heavy atom. The molecule has 1 aliphatic heterocycles. The zero-order valence-corrected chi connectivity index (χ0v) is 8.01. The van der Waals surface area contributed by atoms with Crippen molar-refractivity contribution < 1.29 is 10.0 Å². The van der Waals surface area contributed by atoms with Gasteiger partial charge in [0.15, 0.2) is 17.7 Å². The van der Waals surface area contributed by atoms with Crippen LogP contribution in [0.25, 0.3) is 0 Å². The fourth-order valence-corrected chi connectivity index (χ4v) is 1.32. The minimum absolute atomic E-state index is 0.185. The lowest BCUT2D eigenvalue weighted by molar-refractivity contribution is -0.111. The van der Waals surface area contributed by atoms with Crippen molar-refractivity contribution in [2.45, 2.75) is 19.5 Å². The van der Waals surface area contributed by atoms with Gasteiger partial charge in [0.05, 0.1) is 0 Å². The maximum atomic E-state index is 11.3. The highest BCUT2D eigenvalue weighted by molar-refractivity contribution is 6.44. The molecule has 2 rings (SSSR count). The maximum absolute atomic E-state index is 11.3. The van der Waals surface area contributed by atoms with Crippen LogP contribution in [-0.2, 0) is 11.2 Å². The Morgan fingerprint density at radius 3 is 3.07 bits per heavy atom. The van der Waals surface area contributed by atoms with Gasteiger partial charge in [-0.05, 0) is 0 Å². The predicted molar refractivity (Wildman–Crippen MR) is 50.5 cm³/mol.